The number of ether oxygens (including phenoxy) is 1. The number of methoxy groups -OCH3 is 1. The Hall–Kier alpha value is -2.20. The summed E-state index contributed by atoms with van der Waals surface area (Å²) in [6, 6.07) is 18.5. The van der Waals surface area contributed by atoms with E-state index < -0.39 is 0 Å². The molecule has 2 aromatic carbocycles. The molecule has 1 atom stereocenters. The van der Waals surface area contributed by atoms with Crippen LogP contribution in [0.15, 0.2) is 59.6 Å². The Morgan fingerprint density at radius 1 is 1.04 bits per heavy atom. The number of piperazine rings is 1. The van der Waals surface area contributed by atoms with Crippen LogP contribution in [0.2, 0.25) is 0 Å². The number of rotatable bonds is 4. The van der Waals surface area contributed by atoms with Gasteiger partial charge in [0.1, 0.15) is 6.23 Å². The Kier molecular flexibility index (Phi) is 5.03. The number of isothiocyanates is 1. The van der Waals surface area contributed by atoms with Crippen molar-refractivity contribution in [1.82, 2.24) is 0 Å². The third kappa shape index (κ3) is 3.59. The predicted molar refractivity (Wildman–Crippen MR) is 97.9 cm³/mol. The minimum absolute atomic E-state index is 0.0322. The molecule has 23 heavy (non-hydrogen) atoms. The van der Waals surface area contributed by atoms with Crippen LogP contribution in [0.4, 0.5) is 17.1 Å². The minimum Gasteiger partial charge on any atom is -0.365 e. The van der Waals surface area contributed by atoms with Crippen LogP contribution in [0.5, 0.6) is 0 Å². The zero-order valence-electron chi connectivity index (χ0n) is 13.1. The lowest BCUT2D eigenvalue weighted by molar-refractivity contribution is 0.0960. The van der Waals surface area contributed by atoms with Crippen molar-refractivity contribution < 1.29 is 4.74 Å². The number of para-hydroxylation sites is 1. The van der Waals surface area contributed by atoms with Gasteiger partial charge in [0.25, 0.3) is 0 Å². The molecular formula is C18H19N3OS. The molecule has 1 unspecified atom stereocenters. The van der Waals surface area contributed by atoms with Gasteiger partial charge in [0.15, 0.2) is 0 Å². The first-order valence-electron chi connectivity index (χ1n) is 7.59. The fourth-order valence-electron chi connectivity index (χ4n) is 2.89. The number of hydrogen-bond acceptors (Lipinski definition) is 5. The highest BCUT2D eigenvalue weighted by atomic mass is 32.1. The van der Waals surface area contributed by atoms with E-state index in [4.69, 9.17) is 4.74 Å². The van der Waals surface area contributed by atoms with Crippen molar-refractivity contribution in [1.29, 1.82) is 0 Å². The van der Waals surface area contributed by atoms with Crippen molar-refractivity contribution in [2.75, 3.05) is 36.5 Å². The van der Waals surface area contributed by atoms with Gasteiger partial charge in [-0.3, -0.25) is 0 Å². The molecule has 1 fully saturated rings. The quantitative estimate of drug-likeness (QED) is 0.633. The van der Waals surface area contributed by atoms with Crippen molar-refractivity contribution in [3.05, 3.63) is 54.6 Å². The molecule has 1 aliphatic rings. The first-order valence-corrected chi connectivity index (χ1v) is 8.00. The zero-order valence-corrected chi connectivity index (χ0v) is 13.9. The van der Waals surface area contributed by atoms with Crippen LogP contribution in [0, 0.1) is 0 Å². The fourth-order valence-corrected chi connectivity index (χ4v) is 3.00. The molecule has 0 bridgehead atoms. The average molecular weight is 325 g/mol. The van der Waals surface area contributed by atoms with Gasteiger partial charge in [-0.25, -0.2) is 0 Å². The van der Waals surface area contributed by atoms with Crippen molar-refractivity contribution in [3.63, 3.8) is 0 Å². The Balaban J connectivity index is 1.74. The lowest BCUT2D eigenvalue weighted by Crippen LogP contribution is -2.54. The van der Waals surface area contributed by atoms with Crippen LogP contribution in [0.3, 0.4) is 0 Å². The first-order chi connectivity index (χ1) is 11.3. The molecule has 3 rings (SSSR count). The highest BCUT2D eigenvalue weighted by molar-refractivity contribution is 7.78. The highest BCUT2D eigenvalue weighted by Gasteiger charge is 2.27. The van der Waals surface area contributed by atoms with E-state index in [1.54, 1.807) is 7.11 Å². The Bertz CT molecular complexity index is 683. The molecular weight excluding hydrogens is 306 g/mol. The lowest BCUT2D eigenvalue weighted by atomic mass is 10.2. The molecule has 0 aliphatic carbocycles. The lowest BCUT2D eigenvalue weighted by Gasteiger charge is -2.42. The molecule has 1 heterocycles. The summed E-state index contributed by atoms with van der Waals surface area (Å²) in [5.41, 5.74) is 3.20. The molecule has 118 valence electrons. The summed E-state index contributed by atoms with van der Waals surface area (Å²) >= 11 is 4.63. The number of nitrogens with zero attached hydrogens (tertiary/aromatic N) is 3. The first kappa shape index (κ1) is 15.7. The van der Waals surface area contributed by atoms with Gasteiger partial charge in [-0.05, 0) is 48.6 Å². The second-order valence-electron chi connectivity index (χ2n) is 5.38. The molecule has 1 aliphatic heterocycles. The molecule has 0 aromatic heterocycles. The number of hydrogen-bond donors (Lipinski definition) is 0. The third-order valence-electron chi connectivity index (χ3n) is 4.08. The Labute approximate surface area is 142 Å². The summed E-state index contributed by atoms with van der Waals surface area (Å²) in [5, 5.41) is 2.39. The van der Waals surface area contributed by atoms with Gasteiger partial charge in [-0.2, -0.15) is 4.99 Å². The number of anilines is 2. The summed E-state index contributed by atoms with van der Waals surface area (Å²) < 4.78 is 5.71. The standard InChI is InChI=1S/C18H19N3OS/c1-22-18-13-20(16-9-7-15(8-10-16)19-14-23)11-12-21(18)17-5-3-2-4-6-17/h2-10,18H,11-13H2,1H3. The Morgan fingerprint density at radius 3 is 2.43 bits per heavy atom. The summed E-state index contributed by atoms with van der Waals surface area (Å²) in [6.07, 6.45) is 0.0322. The van der Waals surface area contributed by atoms with Crippen LogP contribution < -0.4 is 9.80 Å². The van der Waals surface area contributed by atoms with E-state index in [1.165, 1.54) is 11.4 Å². The molecule has 0 amide bonds. The smallest absolute Gasteiger partial charge is 0.147 e. The van der Waals surface area contributed by atoms with Crippen LogP contribution in [-0.2, 0) is 4.74 Å². The van der Waals surface area contributed by atoms with Gasteiger partial charge in [-0.15, -0.1) is 0 Å². The van der Waals surface area contributed by atoms with Crippen molar-refractivity contribution >= 4 is 34.4 Å². The molecule has 4 nitrogen and oxygen atoms in total. The molecule has 1 saturated heterocycles. The summed E-state index contributed by atoms with van der Waals surface area (Å²) in [4.78, 5) is 8.63. The number of thiocarbonyl (C=S) groups is 1. The highest BCUT2D eigenvalue weighted by Crippen LogP contribution is 2.25. The maximum absolute atomic E-state index is 5.71. The molecule has 2 aromatic rings. The van der Waals surface area contributed by atoms with Gasteiger partial charge in [-0.1, -0.05) is 18.2 Å². The largest absolute Gasteiger partial charge is 0.365 e. The van der Waals surface area contributed by atoms with Crippen molar-refractivity contribution in [3.8, 4) is 0 Å². The summed E-state index contributed by atoms with van der Waals surface area (Å²) in [6.45, 7) is 2.69. The second kappa shape index (κ2) is 7.38. The monoisotopic (exact) mass is 325 g/mol. The van der Waals surface area contributed by atoms with E-state index in [-0.39, 0.29) is 6.23 Å². The topological polar surface area (TPSA) is 28.1 Å². The molecule has 0 saturated carbocycles. The van der Waals surface area contributed by atoms with E-state index in [0.717, 1.165) is 25.3 Å². The van der Waals surface area contributed by atoms with Crippen molar-refractivity contribution in [2.45, 2.75) is 6.23 Å². The van der Waals surface area contributed by atoms with Gasteiger partial charge in [0.2, 0.25) is 0 Å². The number of aliphatic imine (C=N–C) groups is 1. The maximum atomic E-state index is 5.71. The van der Waals surface area contributed by atoms with Crippen LogP contribution >= 0.6 is 12.2 Å². The minimum atomic E-state index is 0.0322. The molecule has 0 N–H and O–H groups in total. The van der Waals surface area contributed by atoms with Crippen LogP contribution in [0.25, 0.3) is 0 Å². The maximum Gasteiger partial charge on any atom is 0.147 e. The van der Waals surface area contributed by atoms with E-state index in [2.05, 4.69) is 68.6 Å². The Morgan fingerprint density at radius 2 is 1.78 bits per heavy atom. The van der Waals surface area contributed by atoms with E-state index in [0.29, 0.717) is 0 Å². The van der Waals surface area contributed by atoms with Gasteiger partial charge in [0.05, 0.1) is 17.4 Å². The molecule has 5 heteroatoms. The summed E-state index contributed by atoms with van der Waals surface area (Å²) in [5.74, 6) is 0. The third-order valence-corrected chi connectivity index (χ3v) is 4.18. The van der Waals surface area contributed by atoms with Gasteiger partial charge < -0.3 is 14.5 Å². The predicted octanol–water partition coefficient (Wildman–Crippen LogP) is 3.72. The average Bonchev–Trinajstić information content (AvgIpc) is 2.63. The normalized spacial score (nSPS) is 17.7. The van der Waals surface area contributed by atoms with Gasteiger partial charge >= 0.3 is 0 Å². The van der Waals surface area contributed by atoms with E-state index in [1.807, 2.05) is 18.2 Å². The molecule has 0 radical (unpaired) electrons. The van der Waals surface area contributed by atoms with Crippen LogP contribution in [0.1, 0.15) is 0 Å². The zero-order chi connectivity index (χ0) is 16.1. The SMILES string of the molecule is COC1CN(c2ccc(N=C=S)cc2)CCN1c1ccccc1. The number of benzene rings is 2. The molecule has 0 spiro atoms. The van der Waals surface area contributed by atoms with Crippen molar-refractivity contribution in [2.24, 2.45) is 4.99 Å². The van der Waals surface area contributed by atoms with Gasteiger partial charge in [0, 0.05) is 31.6 Å². The van der Waals surface area contributed by atoms with E-state index >= 15 is 0 Å². The van der Waals surface area contributed by atoms with E-state index in [9.17, 15) is 0 Å². The van der Waals surface area contributed by atoms with Crippen LogP contribution in [-0.4, -0.2) is 38.1 Å². The second-order valence-corrected chi connectivity index (χ2v) is 5.57. The fraction of sp³-hybridized carbons (Fsp3) is 0.278. The summed E-state index contributed by atoms with van der Waals surface area (Å²) in [7, 11) is 1.77.